The van der Waals surface area contributed by atoms with Gasteiger partial charge in [0.2, 0.25) is 0 Å². The van der Waals surface area contributed by atoms with Crippen molar-refractivity contribution in [2.45, 2.75) is 45.3 Å². The summed E-state index contributed by atoms with van der Waals surface area (Å²) in [5.41, 5.74) is 7.94. The molecule has 26 heavy (non-hydrogen) atoms. The van der Waals surface area contributed by atoms with Crippen LogP contribution >= 0.6 is 24.0 Å². The Labute approximate surface area is 172 Å². The molecule has 1 atom stereocenters. The maximum atomic E-state index is 12.1. The van der Waals surface area contributed by atoms with Crippen LogP contribution in [0.4, 0.5) is 5.69 Å². The first-order chi connectivity index (χ1) is 12.1. The molecule has 3 rings (SSSR count). The van der Waals surface area contributed by atoms with Crippen LogP contribution in [-0.4, -0.2) is 42.6 Å². The van der Waals surface area contributed by atoms with Gasteiger partial charge in [0.15, 0.2) is 5.96 Å². The lowest BCUT2D eigenvalue weighted by Crippen LogP contribution is -2.42. The van der Waals surface area contributed by atoms with Gasteiger partial charge >= 0.3 is 0 Å². The number of carbonyl (C=O) groups is 1. The SMILES string of the molecule is CC1CCN(C(N)=NCc2cccc(NC(=O)C3CCCO3)c2)CC1.I. The number of hydrogen-bond acceptors (Lipinski definition) is 3. The van der Waals surface area contributed by atoms with E-state index in [2.05, 4.69) is 22.1 Å². The molecule has 2 aliphatic heterocycles. The summed E-state index contributed by atoms with van der Waals surface area (Å²) < 4.78 is 5.41. The Morgan fingerprint density at radius 3 is 2.81 bits per heavy atom. The van der Waals surface area contributed by atoms with Gasteiger partial charge in [0.25, 0.3) is 5.91 Å². The van der Waals surface area contributed by atoms with Crippen molar-refractivity contribution in [1.82, 2.24) is 4.90 Å². The minimum atomic E-state index is -0.321. The van der Waals surface area contributed by atoms with Crippen LogP contribution in [0.2, 0.25) is 0 Å². The molecule has 1 aromatic rings. The Morgan fingerprint density at radius 1 is 1.35 bits per heavy atom. The average molecular weight is 472 g/mol. The Kier molecular flexibility index (Phi) is 8.15. The average Bonchev–Trinajstić information content (AvgIpc) is 3.15. The van der Waals surface area contributed by atoms with Crippen LogP contribution in [0.3, 0.4) is 0 Å². The van der Waals surface area contributed by atoms with Crippen LogP contribution in [0.15, 0.2) is 29.3 Å². The van der Waals surface area contributed by atoms with Crippen LogP contribution < -0.4 is 11.1 Å². The first-order valence-electron chi connectivity index (χ1n) is 9.18. The molecule has 0 bridgehead atoms. The van der Waals surface area contributed by atoms with Crippen molar-refractivity contribution < 1.29 is 9.53 Å². The van der Waals surface area contributed by atoms with E-state index in [9.17, 15) is 4.79 Å². The lowest BCUT2D eigenvalue weighted by molar-refractivity contribution is -0.124. The number of halogens is 1. The number of benzene rings is 1. The Hall–Kier alpha value is -1.35. The van der Waals surface area contributed by atoms with Gasteiger partial charge in [0, 0.05) is 25.4 Å². The zero-order valence-corrected chi connectivity index (χ0v) is 17.6. The number of anilines is 1. The van der Waals surface area contributed by atoms with Gasteiger partial charge in [-0.3, -0.25) is 4.79 Å². The van der Waals surface area contributed by atoms with Crippen molar-refractivity contribution in [3.8, 4) is 0 Å². The number of likely N-dealkylation sites (tertiary alicyclic amines) is 1. The lowest BCUT2D eigenvalue weighted by Gasteiger charge is -2.31. The quantitative estimate of drug-likeness (QED) is 0.401. The van der Waals surface area contributed by atoms with Crippen molar-refractivity contribution in [2.75, 3.05) is 25.0 Å². The van der Waals surface area contributed by atoms with Gasteiger partial charge in [0.05, 0.1) is 6.54 Å². The number of nitrogens with one attached hydrogen (secondary N) is 1. The van der Waals surface area contributed by atoms with Crippen molar-refractivity contribution in [1.29, 1.82) is 0 Å². The molecule has 6 nitrogen and oxygen atoms in total. The van der Waals surface area contributed by atoms with Crippen molar-refractivity contribution in [3.05, 3.63) is 29.8 Å². The number of rotatable bonds is 4. The highest BCUT2D eigenvalue weighted by molar-refractivity contribution is 14.0. The fraction of sp³-hybridized carbons (Fsp3) is 0.579. The van der Waals surface area contributed by atoms with E-state index in [0.717, 1.165) is 43.1 Å². The summed E-state index contributed by atoms with van der Waals surface area (Å²) in [5.74, 6) is 1.31. The highest BCUT2D eigenvalue weighted by Crippen LogP contribution is 2.18. The second-order valence-electron chi connectivity index (χ2n) is 7.04. The second kappa shape index (κ2) is 10.1. The fourth-order valence-corrected chi connectivity index (χ4v) is 3.26. The number of piperidine rings is 1. The third-order valence-corrected chi connectivity index (χ3v) is 4.95. The zero-order valence-electron chi connectivity index (χ0n) is 15.3. The second-order valence-corrected chi connectivity index (χ2v) is 7.04. The number of hydrogen-bond donors (Lipinski definition) is 2. The highest BCUT2D eigenvalue weighted by atomic mass is 127. The molecule has 144 valence electrons. The molecule has 1 amide bonds. The van der Waals surface area contributed by atoms with E-state index in [0.29, 0.717) is 19.1 Å². The van der Waals surface area contributed by atoms with E-state index >= 15 is 0 Å². The lowest BCUT2D eigenvalue weighted by atomic mass is 10.00. The summed E-state index contributed by atoms with van der Waals surface area (Å²) in [6.07, 6.45) is 3.75. The third-order valence-electron chi connectivity index (χ3n) is 4.95. The Bertz CT molecular complexity index is 624. The summed E-state index contributed by atoms with van der Waals surface area (Å²) in [6, 6.07) is 7.75. The van der Waals surface area contributed by atoms with Crippen molar-refractivity contribution in [2.24, 2.45) is 16.6 Å². The molecular weight excluding hydrogens is 443 g/mol. The predicted octanol–water partition coefficient (Wildman–Crippen LogP) is 2.97. The molecule has 2 aliphatic rings. The molecule has 1 aromatic carbocycles. The largest absolute Gasteiger partial charge is 0.370 e. The van der Waals surface area contributed by atoms with Gasteiger partial charge in [-0.25, -0.2) is 4.99 Å². The molecule has 0 aromatic heterocycles. The first kappa shape index (κ1) is 21.0. The van der Waals surface area contributed by atoms with E-state index in [1.165, 1.54) is 12.8 Å². The maximum absolute atomic E-state index is 12.1. The van der Waals surface area contributed by atoms with E-state index in [1.54, 1.807) is 0 Å². The number of ether oxygens (including phenoxy) is 1. The number of nitrogens with two attached hydrogens (primary N) is 1. The van der Waals surface area contributed by atoms with Gasteiger partial charge in [-0.15, -0.1) is 24.0 Å². The molecular formula is C19H29IN4O2. The zero-order chi connectivity index (χ0) is 17.6. The number of guanidine groups is 1. The Morgan fingerprint density at radius 2 is 2.12 bits per heavy atom. The summed E-state index contributed by atoms with van der Waals surface area (Å²) in [4.78, 5) is 18.8. The summed E-state index contributed by atoms with van der Waals surface area (Å²) >= 11 is 0. The van der Waals surface area contributed by atoms with E-state index in [4.69, 9.17) is 10.5 Å². The van der Waals surface area contributed by atoms with Crippen LogP contribution in [0.1, 0.15) is 38.2 Å². The van der Waals surface area contributed by atoms with Gasteiger partial charge in [-0.1, -0.05) is 19.1 Å². The standard InChI is InChI=1S/C19H28N4O2.HI/c1-14-7-9-23(10-8-14)19(20)21-13-15-4-2-5-16(12-15)22-18(24)17-6-3-11-25-17;/h2,4-5,12,14,17H,3,6-11,13H2,1H3,(H2,20,21)(H,22,24);1H. The molecule has 0 spiro atoms. The van der Waals surface area contributed by atoms with Gasteiger partial charge in [-0.05, 0) is 49.3 Å². The van der Waals surface area contributed by atoms with E-state index < -0.39 is 0 Å². The molecule has 2 saturated heterocycles. The molecule has 2 heterocycles. The molecule has 7 heteroatoms. The fourth-order valence-electron chi connectivity index (χ4n) is 3.26. The van der Waals surface area contributed by atoms with Crippen LogP contribution in [0.5, 0.6) is 0 Å². The summed E-state index contributed by atoms with van der Waals surface area (Å²) in [5, 5.41) is 2.93. The number of amides is 1. The first-order valence-corrected chi connectivity index (χ1v) is 9.18. The summed E-state index contributed by atoms with van der Waals surface area (Å²) in [7, 11) is 0. The number of carbonyl (C=O) groups excluding carboxylic acids is 1. The monoisotopic (exact) mass is 472 g/mol. The van der Waals surface area contributed by atoms with E-state index in [-0.39, 0.29) is 36.0 Å². The van der Waals surface area contributed by atoms with Crippen LogP contribution in [0, 0.1) is 5.92 Å². The topological polar surface area (TPSA) is 80.0 Å². The van der Waals surface area contributed by atoms with Crippen LogP contribution in [-0.2, 0) is 16.1 Å². The minimum absolute atomic E-state index is 0. The van der Waals surface area contributed by atoms with Crippen molar-refractivity contribution >= 4 is 41.5 Å². The number of aliphatic imine (C=N–C) groups is 1. The van der Waals surface area contributed by atoms with Gasteiger partial charge < -0.3 is 20.7 Å². The molecule has 1 unspecified atom stereocenters. The molecule has 0 saturated carbocycles. The highest BCUT2D eigenvalue weighted by Gasteiger charge is 2.23. The predicted molar refractivity (Wildman–Crippen MR) is 115 cm³/mol. The number of nitrogens with zero attached hydrogens (tertiary/aromatic N) is 2. The normalized spacial score (nSPS) is 21.3. The van der Waals surface area contributed by atoms with E-state index in [1.807, 2.05) is 24.3 Å². The molecule has 0 radical (unpaired) electrons. The minimum Gasteiger partial charge on any atom is -0.370 e. The van der Waals surface area contributed by atoms with Crippen LogP contribution in [0.25, 0.3) is 0 Å². The molecule has 2 fully saturated rings. The van der Waals surface area contributed by atoms with Crippen molar-refractivity contribution in [3.63, 3.8) is 0 Å². The summed E-state index contributed by atoms with van der Waals surface area (Å²) in [6.45, 7) is 5.42. The molecule has 0 aliphatic carbocycles. The van der Waals surface area contributed by atoms with Gasteiger partial charge in [-0.2, -0.15) is 0 Å². The third kappa shape index (κ3) is 5.84. The maximum Gasteiger partial charge on any atom is 0.253 e. The smallest absolute Gasteiger partial charge is 0.253 e. The van der Waals surface area contributed by atoms with Gasteiger partial charge in [0.1, 0.15) is 6.10 Å². The molecule has 3 N–H and O–H groups in total. The Balaban J connectivity index is 0.00000243.